The zero-order chi connectivity index (χ0) is 15.4. The van der Waals surface area contributed by atoms with Crippen molar-refractivity contribution in [1.82, 2.24) is 5.32 Å². The summed E-state index contributed by atoms with van der Waals surface area (Å²) in [5, 5.41) is 4.59. The lowest BCUT2D eigenvalue weighted by molar-refractivity contribution is 0.385. The van der Waals surface area contributed by atoms with Gasteiger partial charge in [0.05, 0.1) is 7.11 Å². The normalized spacial score (nSPS) is 12.2. The van der Waals surface area contributed by atoms with Gasteiger partial charge in [0.15, 0.2) is 11.6 Å². The summed E-state index contributed by atoms with van der Waals surface area (Å²) in [5.74, 6) is -0.131. The number of hydrogen-bond acceptors (Lipinski definition) is 2. The standard InChI is InChI=1S/C16H16Cl2FNO/c1-10(11-3-6-16(21-2)15(19)8-11)20-9-12-7-13(17)4-5-14(12)18/h3-8,10,20H,9H2,1-2H3. The van der Waals surface area contributed by atoms with Crippen LogP contribution in [0.1, 0.15) is 24.1 Å². The van der Waals surface area contributed by atoms with E-state index in [2.05, 4.69) is 5.32 Å². The third-order valence-electron chi connectivity index (χ3n) is 3.28. The molecule has 0 saturated carbocycles. The molecule has 0 aliphatic carbocycles. The monoisotopic (exact) mass is 327 g/mol. The Morgan fingerprint density at radius 3 is 2.62 bits per heavy atom. The molecule has 2 aromatic carbocycles. The van der Waals surface area contributed by atoms with Crippen LogP contribution < -0.4 is 10.1 Å². The van der Waals surface area contributed by atoms with E-state index >= 15 is 0 Å². The van der Waals surface area contributed by atoms with Gasteiger partial charge in [-0.05, 0) is 48.4 Å². The predicted octanol–water partition coefficient (Wildman–Crippen LogP) is 4.99. The van der Waals surface area contributed by atoms with E-state index in [-0.39, 0.29) is 17.6 Å². The highest BCUT2D eigenvalue weighted by Crippen LogP contribution is 2.24. The third-order valence-corrected chi connectivity index (χ3v) is 3.89. The first kappa shape index (κ1) is 16.1. The Labute approximate surface area is 133 Å². The van der Waals surface area contributed by atoms with Crippen LogP contribution in [-0.2, 0) is 6.54 Å². The molecule has 0 heterocycles. The van der Waals surface area contributed by atoms with Crippen molar-refractivity contribution in [2.24, 2.45) is 0 Å². The number of nitrogens with one attached hydrogen (secondary N) is 1. The number of ether oxygens (including phenoxy) is 1. The Morgan fingerprint density at radius 1 is 1.19 bits per heavy atom. The number of methoxy groups -OCH3 is 1. The summed E-state index contributed by atoms with van der Waals surface area (Å²) in [5.41, 5.74) is 1.75. The van der Waals surface area contributed by atoms with E-state index in [1.807, 2.05) is 19.1 Å². The van der Waals surface area contributed by atoms with Gasteiger partial charge in [0, 0.05) is 22.6 Å². The highest BCUT2D eigenvalue weighted by molar-refractivity contribution is 6.33. The molecule has 1 unspecified atom stereocenters. The summed E-state index contributed by atoms with van der Waals surface area (Å²) in [6.07, 6.45) is 0. The number of benzene rings is 2. The van der Waals surface area contributed by atoms with Crippen molar-refractivity contribution >= 4 is 23.2 Å². The van der Waals surface area contributed by atoms with Crippen LogP contribution in [0.25, 0.3) is 0 Å². The van der Waals surface area contributed by atoms with Crippen molar-refractivity contribution in [2.45, 2.75) is 19.5 Å². The van der Waals surface area contributed by atoms with E-state index in [4.69, 9.17) is 27.9 Å². The lowest BCUT2D eigenvalue weighted by Gasteiger charge is -2.16. The van der Waals surface area contributed by atoms with Crippen LogP contribution in [0.2, 0.25) is 10.0 Å². The maximum Gasteiger partial charge on any atom is 0.165 e. The maximum absolute atomic E-state index is 13.7. The van der Waals surface area contributed by atoms with Crippen LogP contribution in [0, 0.1) is 5.82 Å². The van der Waals surface area contributed by atoms with E-state index in [0.29, 0.717) is 16.6 Å². The minimum absolute atomic E-state index is 0.0274. The van der Waals surface area contributed by atoms with Crippen molar-refractivity contribution in [3.63, 3.8) is 0 Å². The minimum Gasteiger partial charge on any atom is -0.494 e. The largest absolute Gasteiger partial charge is 0.494 e. The van der Waals surface area contributed by atoms with Crippen LogP contribution in [0.4, 0.5) is 4.39 Å². The highest BCUT2D eigenvalue weighted by Gasteiger charge is 2.10. The van der Waals surface area contributed by atoms with Crippen LogP contribution >= 0.6 is 23.2 Å². The van der Waals surface area contributed by atoms with E-state index in [1.165, 1.54) is 13.2 Å². The van der Waals surface area contributed by atoms with Crippen molar-refractivity contribution < 1.29 is 9.13 Å². The molecule has 1 atom stereocenters. The third kappa shape index (κ3) is 4.10. The second-order valence-corrected chi connectivity index (χ2v) is 5.58. The highest BCUT2D eigenvalue weighted by atomic mass is 35.5. The molecule has 2 nitrogen and oxygen atoms in total. The first-order valence-electron chi connectivity index (χ1n) is 6.52. The average Bonchev–Trinajstić information content (AvgIpc) is 2.47. The molecule has 21 heavy (non-hydrogen) atoms. The summed E-state index contributed by atoms with van der Waals surface area (Å²) in [7, 11) is 1.45. The topological polar surface area (TPSA) is 21.3 Å². The van der Waals surface area contributed by atoms with Crippen LogP contribution in [0.5, 0.6) is 5.75 Å². The molecular weight excluding hydrogens is 312 g/mol. The van der Waals surface area contributed by atoms with Crippen molar-refractivity contribution in [2.75, 3.05) is 7.11 Å². The molecule has 112 valence electrons. The first-order chi connectivity index (χ1) is 10.0. The Hall–Kier alpha value is -1.29. The molecule has 2 rings (SSSR count). The molecule has 0 bridgehead atoms. The van der Waals surface area contributed by atoms with Gasteiger partial charge in [0.1, 0.15) is 0 Å². The van der Waals surface area contributed by atoms with Crippen molar-refractivity contribution in [3.05, 3.63) is 63.4 Å². The van der Waals surface area contributed by atoms with Gasteiger partial charge >= 0.3 is 0 Å². The molecular formula is C16H16Cl2FNO. The summed E-state index contributed by atoms with van der Waals surface area (Å²) in [6, 6.07) is 10.2. The number of halogens is 3. The van der Waals surface area contributed by atoms with Gasteiger partial charge in [-0.15, -0.1) is 0 Å². The predicted molar refractivity (Wildman–Crippen MR) is 84.7 cm³/mol. The Kier molecular flexibility index (Phi) is 5.45. The van der Waals surface area contributed by atoms with Gasteiger partial charge in [0.25, 0.3) is 0 Å². The fourth-order valence-corrected chi connectivity index (χ4v) is 2.39. The molecule has 0 amide bonds. The maximum atomic E-state index is 13.7. The Morgan fingerprint density at radius 2 is 1.95 bits per heavy atom. The van der Waals surface area contributed by atoms with Crippen LogP contribution in [-0.4, -0.2) is 7.11 Å². The zero-order valence-electron chi connectivity index (χ0n) is 11.8. The van der Waals surface area contributed by atoms with Gasteiger partial charge < -0.3 is 10.1 Å². The summed E-state index contributed by atoms with van der Waals surface area (Å²) < 4.78 is 18.6. The number of hydrogen-bond donors (Lipinski definition) is 1. The molecule has 2 aromatic rings. The van der Waals surface area contributed by atoms with Gasteiger partial charge in [0.2, 0.25) is 0 Å². The zero-order valence-corrected chi connectivity index (χ0v) is 13.3. The Bertz CT molecular complexity index is 634. The second kappa shape index (κ2) is 7.12. The molecule has 0 radical (unpaired) electrons. The van der Waals surface area contributed by atoms with E-state index < -0.39 is 0 Å². The van der Waals surface area contributed by atoms with Crippen molar-refractivity contribution in [1.29, 1.82) is 0 Å². The average molecular weight is 328 g/mol. The van der Waals surface area contributed by atoms with Gasteiger partial charge in [-0.3, -0.25) is 0 Å². The summed E-state index contributed by atoms with van der Waals surface area (Å²) in [6.45, 7) is 2.51. The molecule has 0 saturated heterocycles. The fraction of sp³-hybridized carbons (Fsp3) is 0.250. The lowest BCUT2D eigenvalue weighted by Crippen LogP contribution is -2.18. The SMILES string of the molecule is COc1ccc(C(C)NCc2cc(Cl)ccc2Cl)cc1F. The summed E-state index contributed by atoms with van der Waals surface area (Å²) in [4.78, 5) is 0. The van der Waals surface area contributed by atoms with Gasteiger partial charge in [-0.25, -0.2) is 4.39 Å². The smallest absolute Gasteiger partial charge is 0.165 e. The van der Waals surface area contributed by atoms with E-state index in [9.17, 15) is 4.39 Å². The Balaban J connectivity index is 2.06. The first-order valence-corrected chi connectivity index (χ1v) is 7.27. The molecule has 0 fully saturated rings. The van der Waals surface area contributed by atoms with Gasteiger partial charge in [-0.2, -0.15) is 0 Å². The molecule has 0 aliphatic heterocycles. The molecule has 5 heteroatoms. The molecule has 0 aliphatic rings. The second-order valence-electron chi connectivity index (χ2n) is 4.73. The summed E-state index contributed by atoms with van der Waals surface area (Å²) >= 11 is 12.1. The molecule has 0 aromatic heterocycles. The van der Waals surface area contributed by atoms with Gasteiger partial charge in [-0.1, -0.05) is 29.3 Å². The fourth-order valence-electron chi connectivity index (χ4n) is 2.01. The van der Waals surface area contributed by atoms with Crippen LogP contribution in [0.15, 0.2) is 36.4 Å². The molecule has 0 spiro atoms. The number of rotatable bonds is 5. The van der Waals surface area contributed by atoms with Crippen LogP contribution in [0.3, 0.4) is 0 Å². The quantitative estimate of drug-likeness (QED) is 0.835. The lowest BCUT2D eigenvalue weighted by atomic mass is 10.1. The van der Waals surface area contributed by atoms with E-state index in [1.54, 1.807) is 18.2 Å². The molecule has 1 N–H and O–H groups in total. The van der Waals surface area contributed by atoms with Crippen molar-refractivity contribution in [3.8, 4) is 5.75 Å². The minimum atomic E-state index is -0.371. The van der Waals surface area contributed by atoms with E-state index in [0.717, 1.165) is 11.1 Å².